The Balaban J connectivity index is 2.78. The molecule has 0 heterocycles. The van der Waals surface area contributed by atoms with Gasteiger partial charge in [-0.1, -0.05) is 26.0 Å². The lowest BCUT2D eigenvalue weighted by Crippen LogP contribution is -2.34. The highest BCUT2D eigenvalue weighted by Crippen LogP contribution is 2.19. The molecule has 0 amide bonds. The first-order valence-corrected chi connectivity index (χ1v) is 7.42. The van der Waals surface area contributed by atoms with Crippen molar-refractivity contribution in [2.45, 2.75) is 32.1 Å². The fraction of sp³-hybridized carbons (Fsp3) is 0.538. The maximum Gasteiger partial charge on any atom is 0.240 e. The zero-order chi connectivity index (χ0) is 13.8. The second-order valence-electron chi connectivity index (χ2n) is 5.28. The second-order valence-corrected chi connectivity index (χ2v) is 7.05. The Bertz CT molecular complexity index is 495. The Morgan fingerprint density at radius 1 is 1.33 bits per heavy atom. The highest BCUT2D eigenvalue weighted by atomic mass is 32.2. The van der Waals surface area contributed by atoms with Gasteiger partial charge in [-0.15, -0.1) is 0 Å². The number of rotatable bonds is 6. The summed E-state index contributed by atoms with van der Waals surface area (Å²) in [7, 11) is -3.47. The molecule has 4 nitrogen and oxygen atoms in total. The van der Waals surface area contributed by atoms with E-state index in [9.17, 15) is 8.42 Å². The Morgan fingerprint density at radius 3 is 2.56 bits per heavy atom. The van der Waals surface area contributed by atoms with Gasteiger partial charge in [-0.3, -0.25) is 0 Å². The van der Waals surface area contributed by atoms with Crippen LogP contribution in [0.15, 0.2) is 29.2 Å². The number of aliphatic hydroxyl groups is 1. The zero-order valence-electron chi connectivity index (χ0n) is 11.1. The molecule has 1 aromatic rings. The van der Waals surface area contributed by atoms with Crippen LogP contribution >= 0.6 is 0 Å². The number of hydrogen-bond donors (Lipinski definition) is 2. The van der Waals surface area contributed by atoms with Gasteiger partial charge in [0.1, 0.15) is 0 Å². The number of aryl methyl sites for hydroxylation is 1. The third-order valence-electron chi connectivity index (χ3n) is 2.83. The van der Waals surface area contributed by atoms with Gasteiger partial charge in [0.25, 0.3) is 0 Å². The Labute approximate surface area is 109 Å². The summed E-state index contributed by atoms with van der Waals surface area (Å²) in [5, 5.41) is 8.91. The van der Waals surface area contributed by atoms with Crippen LogP contribution in [-0.4, -0.2) is 26.7 Å². The molecule has 0 saturated heterocycles. The molecule has 102 valence electrons. The van der Waals surface area contributed by atoms with Crippen LogP contribution in [-0.2, 0) is 10.0 Å². The molecule has 0 spiro atoms. The van der Waals surface area contributed by atoms with Crippen LogP contribution in [0.5, 0.6) is 0 Å². The van der Waals surface area contributed by atoms with Crippen molar-refractivity contribution in [3.8, 4) is 0 Å². The average Bonchev–Trinajstić information content (AvgIpc) is 2.27. The van der Waals surface area contributed by atoms with E-state index in [1.807, 2.05) is 26.8 Å². The summed E-state index contributed by atoms with van der Waals surface area (Å²) in [5.74, 6) is 0. The molecule has 0 aliphatic rings. The molecule has 0 aliphatic heterocycles. The first-order chi connectivity index (χ1) is 8.27. The molecule has 18 heavy (non-hydrogen) atoms. The van der Waals surface area contributed by atoms with E-state index in [-0.39, 0.29) is 16.9 Å². The first kappa shape index (κ1) is 15.1. The van der Waals surface area contributed by atoms with Gasteiger partial charge < -0.3 is 5.11 Å². The van der Waals surface area contributed by atoms with Crippen molar-refractivity contribution in [1.29, 1.82) is 0 Å². The Morgan fingerprint density at radius 2 is 2.00 bits per heavy atom. The fourth-order valence-corrected chi connectivity index (χ4v) is 2.89. The van der Waals surface area contributed by atoms with E-state index in [1.54, 1.807) is 18.2 Å². The van der Waals surface area contributed by atoms with Crippen molar-refractivity contribution in [3.63, 3.8) is 0 Å². The fourth-order valence-electron chi connectivity index (χ4n) is 1.55. The zero-order valence-corrected chi connectivity index (χ0v) is 11.9. The van der Waals surface area contributed by atoms with E-state index in [0.717, 1.165) is 5.56 Å². The van der Waals surface area contributed by atoms with Crippen LogP contribution in [0.3, 0.4) is 0 Å². The molecular weight excluding hydrogens is 250 g/mol. The van der Waals surface area contributed by atoms with Gasteiger partial charge in [-0.2, -0.15) is 0 Å². The van der Waals surface area contributed by atoms with Gasteiger partial charge in [0.05, 0.1) is 4.90 Å². The number of aliphatic hydroxyl groups excluding tert-OH is 1. The van der Waals surface area contributed by atoms with Crippen LogP contribution in [0.2, 0.25) is 0 Å². The summed E-state index contributed by atoms with van der Waals surface area (Å²) in [5.41, 5.74) is 0.651. The second kappa shape index (κ2) is 5.82. The quantitative estimate of drug-likeness (QED) is 0.827. The van der Waals surface area contributed by atoms with Crippen LogP contribution in [0.1, 0.15) is 25.8 Å². The van der Waals surface area contributed by atoms with Gasteiger partial charge in [-0.25, -0.2) is 13.1 Å². The van der Waals surface area contributed by atoms with Crippen LogP contribution in [0.4, 0.5) is 0 Å². The molecule has 0 radical (unpaired) electrons. The van der Waals surface area contributed by atoms with E-state index >= 15 is 0 Å². The van der Waals surface area contributed by atoms with Crippen LogP contribution in [0.25, 0.3) is 0 Å². The minimum absolute atomic E-state index is 0.0547. The minimum Gasteiger partial charge on any atom is -0.396 e. The number of nitrogens with one attached hydrogen (secondary N) is 1. The molecule has 1 aromatic carbocycles. The lowest BCUT2D eigenvalue weighted by Gasteiger charge is -2.23. The van der Waals surface area contributed by atoms with E-state index < -0.39 is 10.0 Å². The van der Waals surface area contributed by atoms with Crippen molar-refractivity contribution < 1.29 is 13.5 Å². The molecule has 0 fully saturated rings. The predicted octanol–water partition coefficient (Wildman–Crippen LogP) is 1.68. The Hall–Kier alpha value is -0.910. The van der Waals surface area contributed by atoms with Gasteiger partial charge in [0.15, 0.2) is 0 Å². The molecular formula is C13H21NO3S. The number of sulfonamides is 1. The summed E-state index contributed by atoms with van der Waals surface area (Å²) in [4.78, 5) is 0.280. The summed E-state index contributed by atoms with van der Waals surface area (Å²) in [6.07, 6.45) is 0.559. The molecule has 0 aromatic heterocycles. The highest BCUT2D eigenvalue weighted by Gasteiger charge is 2.21. The van der Waals surface area contributed by atoms with E-state index in [1.165, 1.54) is 0 Å². The van der Waals surface area contributed by atoms with Crippen LogP contribution < -0.4 is 4.72 Å². The van der Waals surface area contributed by atoms with Crippen molar-refractivity contribution >= 4 is 10.0 Å². The summed E-state index contributed by atoms with van der Waals surface area (Å²) in [6.45, 7) is 6.06. The van der Waals surface area contributed by atoms with Crippen molar-refractivity contribution in [2.75, 3.05) is 13.2 Å². The SMILES string of the molecule is Cc1cccc(S(=O)(=O)NCC(C)(C)CCO)c1. The van der Waals surface area contributed by atoms with E-state index in [0.29, 0.717) is 13.0 Å². The van der Waals surface area contributed by atoms with Crippen molar-refractivity contribution in [1.82, 2.24) is 4.72 Å². The summed E-state index contributed by atoms with van der Waals surface area (Å²) in [6, 6.07) is 6.80. The van der Waals surface area contributed by atoms with E-state index in [2.05, 4.69) is 4.72 Å². The van der Waals surface area contributed by atoms with Crippen LogP contribution in [0, 0.1) is 12.3 Å². The van der Waals surface area contributed by atoms with Gasteiger partial charge in [0, 0.05) is 13.2 Å². The molecule has 5 heteroatoms. The summed E-state index contributed by atoms with van der Waals surface area (Å²) < 4.78 is 26.7. The standard InChI is InChI=1S/C13H21NO3S/c1-11-5-4-6-12(9-11)18(16,17)14-10-13(2,3)7-8-15/h4-6,9,14-15H,7-8,10H2,1-3H3. The number of benzene rings is 1. The first-order valence-electron chi connectivity index (χ1n) is 5.94. The van der Waals surface area contributed by atoms with Crippen molar-refractivity contribution in [2.24, 2.45) is 5.41 Å². The smallest absolute Gasteiger partial charge is 0.240 e. The topological polar surface area (TPSA) is 66.4 Å². The average molecular weight is 271 g/mol. The molecule has 0 aliphatic carbocycles. The third kappa shape index (κ3) is 4.40. The largest absolute Gasteiger partial charge is 0.396 e. The Kier molecular flexibility index (Phi) is 4.90. The molecule has 0 bridgehead atoms. The normalized spacial score (nSPS) is 12.7. The maximum absolute atomic E-state index is 12.1. The molecule has 2 N–H and O–H groups in total. The predicted molar refractivity (Wildman–Crippen MR) is 71.9 cm³/mol. The van der Waals surface area contributed by atoms with Gasteiger partial charge >= 0.3 is 0 Å². The molecule has 0 atom stereocenters. The molecule has 1 rings (SSSR count). The number of hydrogen-bond acceptors (Lipinski definition) is 3. The highest BCUT2D eigenvalue weighted by molar-refractivity contribution is 7.89. The third-order valence-corrected chi connectivity index (χ3v) is 4.23. The lowest BCUT2D eigenvalue weighted by atomic mass is 9.90. The molecule has 0 unspecified atom stereocenters. The summed E-state index contributed by atoms with van der Waals surface area (Å²) >= 11 is 0. The molecule has 0 saturated carbocycles. The van der Waals surface area contributed by atoms with E-state index in [4.69, 9.17) is 5.11 Å². The monoisotopic (exact) mass is 271 g/mol. The van der Waals surface area contributed by atoms with Gasteiger partial charge in [0.2, 0.25) is 10.0 Å². The lowest BCUT2D eigenvalue weighted by molar-refractivity contribution is 0.213. The maximum atomic E-state index is 12.1. The van der Waals surface area contributed by atoms with Crippen molar-refractivity contribution in [3.05, 3.63) is 29.8 Å². The van der Waals surface area contributed by atoms with Gasteiger partial charge in [-0.05, 0) is 36.5 Å². The minimum atomic E-state index is -3.47.